The first-order valence-electron chi connectivity index (χ1n) is 7.63. The summed E-state index contributed by atoms with van der Waals surface area (Å²) in [5.41, 5.74) is 0.0762. The third kappa shape index (κ3) is 4.28. The Morgan fingerprint density at radius 1 is 1.43 bits per heavy atom. The van der Waals surface area contributed by atoms with Gasteiger partial charge in [-0.25, -0.2) is 8.42 Å². The first-order chi connectivity index (χ1) is 9.85. The maximum absolute atomic E-state index is 12.7. The first-order valence-corrected chi connectivity index (χ1v) is 9.95. The number of piperidine rings is 1. The average molecular weight is 331 g/mol. The van der Waals surface area contributed by atoms with Gasteiger partial charge in [0, 0.05) is 29.9 Å². The molecule has 0 bridgehead atoms. The van der Waals surface area contributed by atoms with E-state index in [0.717, 1.165) is 37.2 Å². The predicted molar refractivity (Wildman–Crippen MR) is 88.1 cm³/mol. The first kappa shape index (κ1) is 16.9. The highest BCUT2D eigenvalue weighted by Gasteiger charge is 2.34. The van der Waals surface area contributed by atoms with Crippen LogP contribution in [0.4, 0.5) is 0 Å². The summed E-state index contributed by atoms with van der Waals surface area (Å²) in [4.78, 5) is 1.54. The van der Waals surface area contributed by atoms with Crippen LogP contribution in [0.1, 0.15) is 44.9 Å². The SMILES string of the molecule is CCCNCc1cc(S(=O)(=O)N2CCCC(C)(C)C2)cs1. The van der Waals surface area contributed by atoms with Gasteiger partial charge in [-0.1, -0.05) is 20.8 Å². The minimum atomic E-state index is -3.33. The van der Waals surface area contributed by atoms with E-state index in [4.69, 9.17) is 0 Å². The Hall–Kier alpha value is -0.430. The van der Waals surface area contributed by atoms with Gasteiger partial charge in [0.05, 0.1) is 4.90 Å². The molecule has 2 rings (SSSR count). The highest BCUT2D eigenvalue weighted by molar-refractivity contribution is 7.89. The van der Waals surface area contributed by atoms with Crippen LogP contribution in [0.2, 0.25) is 0 Å². The van der Waals surface area contributed by atoms with Gasteiger partial charge in [-0.15, -0.1) is 11.3 Å². The summed E-state index contributed by atoms with van der Waals surface area (Å²) in [7, 11) is -3.33. The Labute approximate surface area is 132 Å². The van der Waals surface area contributed by atoms with Gasteiger partial charge in [0.1, 0.15) is 0 Å². The normalized spacial score (nSPS) is 19.8. The van der Waals surface area contributed by atoms with E-state index in [1.54, 1.807) is 9.69 Å². The van der Waals surface area contributed by atoms with E-state index < -0.39 is 10.0 Å². The molecule has 21 heavy (non-hydrogen) atoms. The molecule has 0 radical (unpaired) electrons. The van der Waals surface area contributed by atoms with Crippen molar-refractivity contribution in [1.29, 1.82) is 0 Å². The molecule has 1 aliphatic heterocycles. The van der Waals surface area contributed by atoms with Crippen molar-refractivity contribution < 1.29 is 8.42 Å². The van der Waals surface area contributed by atoms with Crippen LogP contribution in [0.15, 0.2) is 16.3 Å². The Morgan fingerprint density at radius 3 is 2.86 bits per heavy atom. The van der Waals surface area contributed by atoms with E-state index in [-0.39, 0.29) is 5.41 Å². The fourth-order valence-electron chi connectivity index (χ4n) is 2.70. The molecule has 0 atom stereocenters. The molecular formula is C15H26N2O2S2. The van der Waals surface area contributed by atoms with E-state index in [1.165, 1.54) is 11.3 Å². The van der Waals surface area contributed by atoms with Gasteiger partial charge in [-0.3, -0.25) is 0 Å². The minimum absolute atomic E-state index is 0.0762. The Kier molecular flexibility index (Phi) is 5.46. The lowest BCUT2D eigenvalue weighted by atomic mass is 9.85. The van der Waals surface area contributed by atoms with Crippen LogP contribution >= 0.6 is 11.3 Å². The fourth-order valence-corrected chi connectivity index (χ4v) is 5.60. The summed E-state index contributed by atoms with van der Waals surface area (Å²) in [5, 5.41) is 5.09. The van der Waals surface area contributed by atoms with E-state index in [9.17, 15) is 8.42 Å². The predicted octanol–water partition coefficient (Wildman–Crippen LogP) is 3.06. The molecular weight excluding hydrogens is 304 g/mol. The van der Waals surface area contributed by atoms with Crippen molar-refractivity contribution in [2.24, 2.45) is 5.41 Å². The lowest BCUT2D eigenvalue weighted by Crippen LogP contribution is -2.43. The standard InChI is InChI=1S/C15H26N2O2S2/c1-4-7-16-10-13-9-14(11-20-13)21(18,19)17-8-5-6-15(2,3)12-17/h9,11,16H,4-8,10,12H2,1-3H3. The summed E-state index contributed by atoms with van der Waals surface area (Å²) < 4.78 is 27.1. The molecule has 0 unspecified atom stereocenters. The summed E-state index contributed by atoms with van der Waals surface area (Å²) in [6.45, 7) is 9.37. The number of hydrogen-bond acceptors (Lipinski definition) is 4. The highest BCUT2D eigenvalue weighted by atomic mass is 32.2. The van der Waals surface area contributed by atoms with Crippen LogP contribution in [0.25, 0.3) is 0 Å². The van der Waals surface area contributed by atoms with Crippen LogP contribution < -0.4 is 5.32 Å². The number of sulfonamides is 1. The van der Waals surface area contributed by atoms with Gasteiger partial charge in [0.15, 0.2) is 0 Å². The fraction of sp³-hybridized carbons (Fsp3) is 0.733. The second-order valence-corrected chi connectivity index (χ2v) is 9.47. The maximum Gasteiger partial charge on any atom is 0.243 e. The van der Waals surface area contributed by atoms with Crippen LogP contribution in [-0.2, 0) is 16.6 Å². The van der Waals surface area contributed by atoms with Crippen LogP contribution in [0.5, 0.6) is 0 Å². The molecule has 4 nitrogen and oxygen atoms in total. The molecule has 1 fully saturated rings. The second-order valence-electron chi connectivity index (χ2n) is 6.53. The van der Waals surface area contributed by atoms with Crippen LogP contribution in [-0.4, -0.2) is 32.4 Å². The zero-order chi connectivity index (χ0) is 15.5. The van der Waals surface area contributed by atoms with Crippen molar-refractivity contribution in [2.75, 3.05) is 19.6 Å². The molecule has 1 N–H and O–H groups in total. The molecule has 0 amide bonds. The molecule has 1 saturated heterocycles. The van der Waals surface area contributed by atoms with Crippen molar-refractivity contribution in [3.8, 4) is 0 Å². The van der Waals surface area contributed by atoms with E-state index in [1.807, 2.05) is 6.07 Å². The summed E-state index contributed by atoms with van der Waals surface area (Å²) in [5.74, 6) is 0. The quantitative estimate of drug-likeness (QED) is 0.816. The van der Waals surface area contributed by atoms with Gasteiger partial charge in [-0.2, -0.15) is 4.31 Å². The van der Waals surface area contributed by atoms with E-state index in [2.05, 4.69) is 26.1 Å². The molecule has 0 saturated carbocycles. The van der Waals surface area contributed by atoms with Crippen molar-refractivity contribution in [1.82, 2.24) is 9.62 Å². The van der Waals surface area contributed by atoms with Gasteiger partial charge >= 0.3 is 0 Å². The molecule has 1 aromatic heterocycles. The van der Waals surface area contributed by atoms with Crippen molar-refractivity contribution >= 4 is 21.4 Å². The molecule has 6 heteroatoms. The molecule has 120 valence electrons. The minimum Gasteiger partial charge on any atom is -0.312 e. The van der Waals surface area contributed by atoms with Gasteiger partial charge in [0.2, 0.25) is 10.0 Å². The van der Waals surface area contributed by atoms with Crippen LogP contribution in [0.3, 0.4) is 0 Å². The molecule has 1 aliphatic rings. The number of nitrogens with one attached hydrogen (secondary N) is 1. The maximum atomic E-state index is 12.7. The topological polar surface area (TPSA) is 49.4 Å². The summed E-state index contributed by atoms with van der Waals surface area (Å²) in [6, 6.07) is 1.82. The van der Waals surface area contributed by atoms with Crippen molar-refractivity contribution in [2.45, 2.75) is 51.5 Å². The Balaban J connectivity index is 2.09. The van der Waals surface area contributed by atoms with Gasteiger partial charge in [-0.05, 0) is 37.3 Å². The zero-order valence-electron chi connectivity index (χ0n) is 13.2. The largest absolute Gasteiger partial charge is 0.312 e. The number of thiophene rings is 1. The number of rotatable bonds is 6. The third-order valence-electron chi connectivity index (χ3n) is 3.86. The number of nitrogens with zero attached hydrogens (tertiary/aromatic N) is 1. The lowest BCUT2D eigenvalue weighted by Gasteiger charge is -2.36. The van der Waals surface area contributed by atoms with E-state index in [0.29, 0.717) is 18.0 Å². The zero-order valence-corrected chi connectivity index (χ0v) is 14.8. The van der Waals surface area contributed by atoms with E-state index >= 15 is 0 Å². The average Bonchev–Trinajstić information content (AvgIpc) is 2.87. The van der Waals surface area contributed by atoms with Crippen LogP contribution in [0, 0.1) is 5.41 Å². The van der Waals surface area contributed by atoms with Crippen molar-refractivity contribution in [3.63, 3.8) is 0 Å². The molecule has 0 aliphatic carbocycles. The number of hydrogen-bond donors (Lipinski definition) is 1. The molecule has 2 heterocycles. The monoisotopic (exact) mass is 330 g/mol. The highest BCUT2D eigenvalue weighted by Crippen LogP contribution is 2.32. The molecule has 0 spiro atoms. The van der Waals surface area contributed by atoms with Gasteiger partial charge in [0.25, 0.3) is 0 Å². The summed E-state index contributed by atoms with van der Waals surface area (Å²) >= 11 is 1.52. The molecule has 0 aromatic carbocycles. The Morgan fingerprint density at radius 2 is 2.19 bits per heavy atom. The third-order valence-corrected chi connectivity index (χ3v) is 6.77. The second kappa shape index (κ2) is 6.77. The van der Waals surface area contributed by atoms with Gasteiger partial charge < -0.3 is 5.32 Å². The van der Waals surface area contributed by atoms with Crippen molar-refractivity contribution in [3.05, 3.63) is 16.3 Å². The smallest absolute Gasteiger partial charge is 0.243 e. The lowest BCUT2D eigenvalue weighted by molar-refractivity contribution is 0.187. The molecule has 1 aromatic rings. The Bertz CT molecular complexity index is 564. The summed E-state index contributed by atoms with van der Waals surface area (Å²) in [6.07, 6.45) is 3.12.